The van der Waals surface area contributed by atoms with Gasteiger partial charge >= 0.3 is 0 Å². The van der Waals surface area contributed by atoms with Crippen molar-refractivity contribution in [2.45, 2.75) is 24.0 Å². The summed E-state index contributed by atoms with van der Waals surface area (Å²) < 4.78 is 13.1. The molecule has 0 N–H and O–H groups in total. The normalized spacial score (nSPS) is 20.4. The van der Waals surface area contributed by atoms with Crippen LogP contribution in [0.4, 0.5) is 0 Å². The van der Waals surface area contributed by atoms with Crippen LogP contribution >= 0.6 is 0 Å². The van der Waals surface area contributed by atoms with Gasteiger partial charge in [-0.3, -0.25) is 0 Å². The summed E-state index contributed by atoms with van der Waals surface area (Å²) in [7, 11) is 0. The minimum absolute atomic E-state index is 0.0144. The molecular formula is C56H34O2. The minimum atomic E-state index is -0.0174. The van der Waals surface area contributed by atoms with E-state index in [2.05, 4.69) is 182 Å². The van der Waals surface area contributed by atoms with Gasteiger partial charge in [-0.1, -0.05) is 140 Å². The smallest absolute Gasteiger partial charge is 0.128 e. The van der Waals surface area contributed by atoms with E-state index in [9.17, 15) is 0 Å². The molecule has 0 saturated carbocycles. The second kappa shape index (κ2) is 11.2. The molecule has 2 heteroatoms. The maximum absolute atomic E-state index is 6.58. The molecule has 2 heterocycles. The van der Waals surface area contributed by atoms with Crippen LogP contribution in [0.15, 0.2) is 182 Å². The van der Waals surface area contributed by atoms with Gasteiger partial charge in [0.05, 0.1) is 0 Å². The topological polar surface area (TPSA) is 18.5 Å². The molecule has 0 amide bonds. The molecule has 10 aromatic carbocycles. The Morgan fingerprint density at radius 1 is 0.362 bits per heavy atom. The number of allylic oxidation sites excluding steroid dienone is 4. The van der Waals surface area contributed by atoms with Gasteiger partial charge in [-0.15, -0.1) is 0 Å². The standard InChI is InChI=1S/C56H34O2/c1-4-31-11-13-35-14-20-41(43-21-15-33(5-1)53(31)56(35)43)38-18-24-51-47(28-38)45-26-36(16-22-49(45)57-51)37-17-23-50-46(27-37)48-29-39(19-25-52(48)58-50)44-30-40-8-2-6-32-10-12-34-7-3-9-42(44)55(34)54(32)40/h1-30,47-48,51-52H. The summed E-state index contributed by atoms with van der Waals surface area (Å²) >= 11 is 0. The molecule has 2 aliphatic heterocycles. The minimum Gasteiger partial charge on any atom is -0.485 e. The summed E-state index contributed by atoms with van der Waals surface area (Å²) in [5, 5.41) is 15.7. The lowest BCUT2D eigenvalue weighted by Gasteiger charge is -2.21. The molecule has 4 atom stereocenters. The van der Waals surface area contributed by atoms with E-state index < -0.39 is 0 Å². The lowest BCUT2D eigenvalue weighted by Crippen LogP contribution is -2.17. The fourth-order valence-electron chi connectivity index (χ4n) is 10.9. The third-order valence-corrected chi connectivity index (χ3v) is 13.6. The maximum atomic E-state index is 6.58. The molecule has 2 nitrogen and oxygen atoms in total. The van der Waals surface area contributed by atoms with Crippen molar-refractivity contribution in [3.63, 3.8) is 0 Å². The fourth-order valence-corrected chi connectivity index (χ4v) is 10.9. The SMILES string of the molecule is C1=CC2Oc3ccc(-c4ccc5c(c4)C4C=C(c6cc7cccc8ccc9cccc6c9c87)C=CC4O5)cc3C2C=C1c1ccc2ccc3cccc4ccc1c2c34. The highest BCUT2D eigenvalue weighted by Gasteiger charge is 2.36. The zero-order valence-electron chi connectivity index (χ0n) is 31.4. The van der Waals surface area contributed by atoms with Gasteiger partial charge in [-0.2, -0.15) is 0 Å². The van der Waals surface area contributed by atoms with E-state index in [1.54, 1.807) is 0 Å². The Hall–Kier alpha value is -7.16. The summed E-state index contributed by atoms with van der Waals surface area (Å²) in [5.41, 5.74) is 9.93. The van der Waals surface area contributed by atoms with Gasteiger partial charge in [-0.25, -0.2) is 0 Å². The van der Waals surface area contributed by atoms with Crippen LogP contribution in [0.1, 0.15) is 34.1 Å². The molecule has 58 heavy (non-hydrogen) atoms. The lowest BCUT2D eigenvalue weighted by molar-refractivity contribution is 0.269. The highest BCUT2D eigenvalue weighted by molar-refractivity contribution is 6.26. The van der Waals surface area contributed by atoms with Crippen molar-refractivity contribution < 1.29 is 9.47 Å². The number of benzene rings is 10. The average Bonchev–Trinajstić information content (AvgIpc) is 3.84. The lowest BCUT2D eigenvalue weighted by atomic mass is 9.82. The Morgan fingerprint density at radius 3 is 1.45 bits per heavy atom. The van der Waals surface area contributed by atoms with Gasteiger partial charge in [0.15, 0.2) is 0 Å². The fraction of sp³-hybridized carbons (Fsp3) is 0.0714. The summed E-state index contributed by atoms with van der Waals surface area (Å²) in [6.07, 6.45) is 13.9. The van der Waals surface area contributed by atoms with Crippen molar-refractivity contribution in [3.8, 4) is 22.6 Å². The molecule has 0 bridgehead atoms. The molecule has 270 valence electrons. The molecule has 0 fully saturated rings. The number of ether oxygens (including phenoxy) is 2. The zero-order valence-corrected chi connectivity index (χ0v) is 31.4. The summed E-state index contributed by atoms with van der Waals surface area (Å²) in [6, 6.07) is 54.1. The van der Waals surface area contributed by atoms with Crippen LogP contribution in [-0.2, 0) is 0 Å². The molecule has 2 aliphatic carbocycles. The van der Waals surface area contributed by atoms with Crippen LogP contribution in [0.25, 0.3) is 86.9 Å². The van der Waals surface area contributed by atoms with E-state index in [0.29, 0.717) is 0 Å². The van der Waals surface area contributed by atoms with E-state index in [4.69, 9.17) is 9.47 Å². The first-order valence-corrected chi connectivity index (χ1v) is 20.5. The quantitative estimate of drug-likeness (QED) is 0.168. The number of hydrogen-bond donors (Lipinski definition) is 0. The predicted molar refractivity (Wildman–Crippen MR) is 241 cm³/mol. The molecule has 0 radical (unpaired) electrons. The first kappa shape index (κ1) is 31.0. The third kappa shape index (κ3) is 4.22. The van der Waals surface area contributed by atoms with Crippen LogP contribution in [0.5, 0.6) is 11.5 Å². The van der Waals surface area contributed by atoms with Crippen molar-refractivity contribution in [3.05, 3.63) is 204 Å². The predicted octanol–water partition coefficient (Wildman–Crippen LogP) is 14.1. The zero-order chi connectivity index (χ0) is 37.6. The Balaban J connectivity index is 0.836. The summed E-state index contributed by atoms with van der Waals surface area (Å²) in [4.78, 5) is 0. The largest absolute Gasteiger partial charge is 0.485 e. The van der Waals surface area contributed by atoms with E-state index >= 15 is 0 Å². The van der Waals surface area contributed by atoms with Crippen LogP contribution < -0.4 is 9.47 Å². The molecule has 0 spiro atoms. The number of fused-ring (bicyclic) bond motifs is 6. The van der Waals surface area contributed by atoms with E-state index in [-0.39, 0.29) is 24.0 Å². The van der Waals surface area contributed by atoms with Gasteiger partial charge in [0.25, 0.3) is 0 Å². The highest BCUT2D eigenvalue weighted by Crippen LogP contribution is 2.50. The molecule has 4 aliphatic rings. The molecule has 0 aromatic heterocycles. The Morgan fingerprint density at radius 2 is 0.828 bits per heavy atom. The Bertz CT molecular complexity index is 3530. The van der Waals surface area contributed by atoms with Gasteiger partial charge in [0, 0.05) is 23.0 Å². The monoisotopic (exact) mass is 738 g/mol. The summed E-state index contributed by atoms with van der Waals surface area (Å²) in [6.45, 7) is 0. The van der Waals surface area contributed by atoms with Crippen molar-refractivity contribution in [1.82, 2.24) is 0 Å². The molecule has 0 saturated heterocycles. The van der Waals surface area contributed by atoms with Gasteiger partial charge in [0.1, 0.15) is 23.7 Å². The van der Waals surface area contributed by atoms with Crippen molar-refractivity contribution >= 4 is 75.8 Å². The molecule has 4 unspecified atom stereocenters. The summed E-state index contributed by atoms with van der Waals surface area (Å²) in [5.74, 6) is 2.20. The third-order valence-electron chi connectivity index (χ3n) is 13.6. The van der Waals surface area contributed by atoms with E-state index in [0.717, 1.165) is 11.5 Å². The van der Waals surface area contributed by atoms with Crippen LogP contribution in [0.2, 0.25) is 0 Å². The van der Waals surface area contributed by atoms with Crippen molar-refractivity contribution in [2.24, 2.45) is 0 Å². The second-order valence-corrected chi connectivity index (χ2v) is 16.6. The van der Waals surface area contributed by atoms with Gasteiger partial charge in [-0.05, 0) is 141 Å². The van der Waals surface area contributed by atoms with Crippen molar-refractivity contribution in [2.75, 3.05) is 0 Å². The van der Waals surface area contributed by atoms with E-state index in [1.807, 2.05) is 0 Å². The first-order valence-electron chi connectivity index (χ1n) is 20.5. The second-order valence-electron chi connectivity index (χ2n) is 16.6. The van der Waals surface area contributed by atoms with Crippen molar-refractivity contribution in [1.29, 1.82) is 0 Å². The van der Waals surface area contributed by atoms with Crippen LogP contribution in [0, 0.1) is 0 Å². The van der Waals surface area contributed by atoms with Gasteiger partial charge < -0.3 is 9.47 Å². The maximum Gasteiger partial charge on any atom is 0.128 e. The van der Waals surface area contributed by atoms with Crippen LogP contribution in [-0.4, -0.2) is 12.2 Å². The number of rotatable bonds is 3. The molecule has 10 aromatic rings. The first-order chi connectivity index (χ1) is 28.7. The Labute approximate surface area is 334 Å². The van der Waals surface area contributed by atoms with Gasteiger partial charge in [0.2, 0.25) is 0 Å². The number of hydrogen-bond acceptors (Lipinski definition) is 2. The Kier molecular flexibility index (Phi) is 6.01. The molecular weight excluding hydrogens is 705 g/mol. The average molecular weight is 739 g/mol. The van der Waals surface area contributed by atoms with Crippen LogP contribution in [0.3, 0.4) is 0 Å². The molecule has 14 rings (SSSR count). The van der Waals surface area contributed by atoms with E-state index in [1.165, 1.54) is 109 Å². The highest BCUT2D eigenvalue weighted by atomic mass is 16.5.